The Balaban J connectivity index is 1.64. The topological polar surface area (TPSA) is 125 Å². The number of benzene rings is 4. The smallest absolute Gasteiger partial charge is 0.261 e. The number of carbonyl (C=O) groups excluding carboxylic acids is 2. The molecule has 0 spiro atoms. The first-order chi connectivity index (χ1) is 17.7. The van der Waals surface area contributed by atoms with Crippen molar-refractivity contribution < 1.29 is 23.1 Å². The molecule has 5 rings (SSSR count). The van der Waals surface area contributed by atoms with Crippen LogP contribution in [0.25, 0.3) is 0 Å². The number of aromatic hydroxyl groups is 1. The fourth-order valence-corrected chi connectivity index (χ4v) is 5.50. The molecule has 186 valence electrons. The number of fused-ring (bicyclic) bond motifs is 1. The lowest BCUT2D eigenvalue weighted by molar-refractivity contribution is -0.129. The van der Waals surface area contributed by atoms with Crippen molar-refractivity contribution in [2.45, 2.75) is 17.2 Å². The van der Waals surface area contributed by atoms with Crippen molar-refractivity contribution in [3.05, 3.63) is 114 Å². The number of rotatable bonds is 6. The minimum Gasteiger partial charge on any atom is -0.508 e. The minimum absolute atomic E-state index is 0.0493. The third-order valence-electron chi connectivity index (χ3n) is 6.28. The Morgan fingerprint density at radius 2 is 1.51 bits per heavy atom. The monoisotopic (exact) mass is 513 g/mol. The number of anilines is 3. The zero-order chi connectivity index (χ0) is 26.2. The van der Waals surface area contributed by atoms with Crippen LogP contribution in [0.5, 0.6) is 5.75 Å². The molecule has 0 unspecified atom stereocenters. The molecule has 0 saturated heterocycles. The van der Waals surface area contributed by atoms with Crippen LogP contribution >= 0.6 is 0 Å². The van der Waals surface area contributed by atoms with Gasteiger partial charge in [-0.15, -0.1) is 0 Å². The molecule has 37 heavy (non-hydrogen) atoms. The van der Waals surface area contributed by atoms with E-state index in [0.29, 0.717) is 16.9 Å². The summed E-state index contributed by atoms with van der Waals surface area (Å²) in [7, 11) is -3.98. The van der Waals surface area contributed by atoms with Gasteiger partial charge in [-0.3, -0.25) is 14.3 Å². The number of aryl methyl sites for hydroxylation is 1. The molecule has 4 aromatic rings. The van der Waals surface area contributed by atoms with Gasteiger partial charge < -0.3 is 15.7 Å². The molecule has 2 amide bonds. The van der Waals surface area contributed by atoms with Gasteiger partial charge in [0, 0.05) is 28.2 Å². The molecule has 0 aliphatic carbocycles. The Labute approximate surface area is 214 Å². The Morgan fingerprint density at radius 1 is 0.838 bits per heavy atom. The summed E-state index contributed by atoms with van der Waals surface area (Å²) in [6, 6.07) is 25.6. The van der Waals surface area contributed by atoms with Gasteiger partial charge in [-0.2, -0.15) is 0 Å². The summed E-state index contributed by atoms with van der Waals surface area (Å²) in [6.45, 7) is 1.85. The highest BCUT2D eigenvalue weighted by Gasteiger charge is 2.56. The maximum absolute atomic E-state index is 13.9. The molecule has 4 N–H and O–H groups in total. The van der Waals surface area contributed by atoms with E-state index in [-0.39, 0.29) is 21.9 Å². The molecule has 0 saturated carbocycles. The van der Waals surface area contributed by atoms with Gasteiger partial charge in [0.2, 0.25) is 11.8 Å². The molecule has 0 radical (unpaired) electrons. The zero-order valence-electron chi connectivity index (χ0n) is 19.7. The van der Waals surface area contributed by atoms with Gasteiger partial charge in [0.05, 0.1) is 4.90 Å². The van der Waals surface area contributed by atoms with Crippen molar-refractivity contribution in [2.75, 3.05) is 15.4 Å². The zero-order valence-corrected chi connectivity index (χ0v) is 20.5. The van der Waals surface area contributed by atoms with Crippen LogP contribution in [0.15, 0.2) is 102 Å². The lowest BCUT2D eigenvalue weighted by Gasteiger charge is -2.28. The SMILES string of the molecule is Cc1ccc(S(=O)(=O)Nc2ccc(O)c([C@@]3(C(=O)Nc4ccccc4)C(=O)Nc4ccccc43)c2)cc1. The predicted molar refractivity (Wildman–Crippen MR) is 141 cm³/mol. The largest absolute Gasteiger partial charge is 0.508 e. The summed E-state index contributed by atoms with van der Waals surface area (Å²) >= 11 is 0. The van der Waals surface area contributed by atoms with E-state index in [2.05, 4.69) is 15.4 Å². The Bertz CT molecular complexity index is 1620. The lowest BCUT2D eigenvalue weighted by Crippen LogP contribution is -2.47. The van der Waals surface area contributed by atoms with E-state index in [9.17, 15) is 23.1 Å². The molecular weight excluding hydrogens is 490 g/mol. The summed E-state index contributed by atoms with van der Waals surface area (Å²) in [5.74, 6) is -1.71. The molecule has 8 nitrogen and oxygen atoms in total. The third-order valence-corrected chi connectivity index (χ3v) is 7.67. The summed E-state index contributed by atoms with van der Waals surface area (Å²) in [5.41, 5.74) is 0.151. The van der Waals surface area contributed by atoms with Crippen molar-refractivity contribution in [1.29, 1.82) is 0 Å². The molecule has 1 atom stereocenters. The second-order valence-electron chi connectivity index (χ2n) is 8.72. The van der Waals surface area contributed by atoms with E-state index in [0.717, 1.165) is 5.56 Å². The van der Waals surface area contributed by atoms with Gasteiger partial charge in [-0.25, -0.2) is 8.42 Å². The van der Waals surface area contributed by atoms with E-state index < -0.39 is 27.3 Å². The Kier molecular flexibility index (Phi) is 5.93. The van der Waals surface area contributed by atoms with E-state index in [1.807, 2.05) is 6.92 Å². The molecule has 1 heterocycles. The molecule has 1 aliphatic heterocycles. The van der Waals surface area contributed by atoms with Gasteiger partial charge in [0.1, 0.15) is 5.75 Å². The standard InChI is InChI=1S/C28H23N3O5S/c1-18-11-14-21(15-12-18)37(35,36)31-20-13-16-25(32)23(17-20)28(26(33)29-19-7-3-2-4-8-19)22-9-5-6-10-24(22)30-27(28)34/h2-17,31-32H,1H3,(H,29,33)(H,30,34)/t28-/m0/s1. The number of hydrogen-bond donors (Lipinski definition) is 4. The van der Waals surface area contributed by atoms with Gasteiger partial charge in [0.25, 0.3) is 10.0 Å². The predicted octanol–water partition coefficient (Wildman–Crippen LogP) is 4.38. The fraction of sp³-hybridized carbons (Fsp3) is 0.0714. The van der Waals surface area contributed by atoms with Crippen molar-refractivity contribution in [3.8, 4) is 5.75 Å². The minimum atomic E-state index is -3.98. The molecule has 1 aliphatic rings. The first-order valence-corrected chi connectivity index (χ1v) is 12.9. The summed E-state index contributed by atoms with van der Waals surface area (Å²) in [4.78, 5) is 27.5. The van der Waals surface area contributed by atoms with E-state index in [1.165, 1.54) is 30.3 Å². The van der Waals surface area contributed by atoms with Gasteiger partial charge in [-0.05, 0) is 55.5 Å². The number of phenols is 1. The van der Waals surface area contributed by atoms with E-state index in [1.54, 1.807) is 66.7 Å². The second kappa shape index (κ2) is 9.11. The van der Waals surface area contributed by atoms with Crippen LogP contribution in [0.1, 0.15) is 16.7 Å². The Morgan fingerprint density at radius 3 is 2.24 bits per heavy atom. The van der Waals surface area contributed by atoms with Crippen LogP contribution in [0.3, 0.4) is 0 Å². The number of hydrogen-bond acceptors (Lipinski definition) is 5. The van der Waals surface area contributed by atoms with Crippen LogP contribution in [-0.4, -0.2) is 25.3 Å². The molecular formula is C28H23N3O5S. The van der Waals surface area contributed by atoms with Crippen molar-refractivity contribution in [3.63, 3.8) is 0 Å². The fourth-order valence-electron chi connectivity index (χ4n) is 4.45. The van der Waals surface area contributed by atoms with Crippen LogP contribution in [-0.2, 0) is 25.0 Å². The number of sulfonamides is 1. The molecule has 0 fully saturated rings. The average molecular weight is 514 g/mol. The van der Waals surface area contributed by atoms with E-state index in [4.69, 9.17) is 0 Å². The van der Waals surface area contributed by atoms with Gasteiger partial charge in [-0.1, -0.05) is 54.1 Å². The molecule has 4 aromatic carbocycles. The molecule has 0 aromatic heterocycles. The number of carbonyl (C=O) groups is 2. The van der Waals surface area contributed by atoms with Crippen LogP contribution in [0.2, 0.25) is 0 Å². The number of phenolic OH excluding ortho intramolecular Hbond substituents is 1. The third kappa shape index (κ3) is 4.19. The van der Waals surface area contributed by atoms with Crippen LogP contribution in [0.4, 0.5) is 17.1 Å². The highest BCUT2D eigenvalue weighted by Crippen LogP contribution is 2.47. The van der Waals surface area contributed by atoms with Crippen molar-refractivity contribution >= 4 is 38.9 Å². The maximum Gasteiger partial charge on any atom is 0.261 e. The Hall–Kier alpha value is -4.63. The maximum atomic E-state index is 13.9. The van der Waals surface area contributed by atoms with Crippen molar-refractivity contribution in [1.82, 2.24) is 0 Å². The van der Waals surface area contributed by atoms with Gasteiger partial charge in [0.15, 0.2) is 5.41 Å². The molecule has 0 bridgehead atoms. The van der Waals surface area contributed by atoms with Crippen LogP contribution in [0, 0.1) is 6.92 Å². The lowest BCUT2D eigenvalue weighted by atomic mass is 9.73. The van der Waals surface area contributed by atoms with Crippen LogP contribution < -0.4 is 15.4 Å². The highest BCUT2D eigenvalue weighted by atomic mass is 32.2. The van der Waals surface area contributed by atoms with E-state index >= 15 is 0 Å². The first-order valence-electron chi connectivity index (χ1n) is 11.4. The summed E-state index contributed by atoms with van der Waals surface area (Å²) < 4.78 is 28.5. The second-order valence-corrected chi connectivity index (χ2v) is 10.4. The highest BCUT2D eigenvalue weighted by molar-refractivity contribution is 7.92. The first kappa shape index (κ1) is 24.1. The summed E-state index contributed by atoms with van der Waals surface area (Å²) in [5, 5.41) is 16.4. The number of nitrogens with one attached hydrogen (secondary N) is 3. The van der Waals surface area contributed by atoms with Crippen molar-refractivity contribution in [2.24, 2.45) is 0 Å². The average Bonchev–Trinajstić information content (AvgIpc) is 3.18. The van der Waals surface area contributed by atoms with Gasteiger partial charge >= 0.3 is 0 Å². The normalized spacial score (nSPS) is 16.5. The summed E-state index contributed by atoms with van der Waals surface area (Å²) in [6.07, 6.45) is 0. The number of amides is 2. The quantitative estimate of drug-likeness (QED) is 0.225. The molecule has 9 heteroatoms. The number of para-hydroxylation sites is 2.